The van der Waals surface area contributed by atoms with Crippen molar-refractivity contribution >= 4 is 17.1 Å². The lowest BCUT2D eigenvalue weighted by atomic mass is 9.77. The molecule has 0 bridgehead atoms. The molecular weight excluding hydrogens is 298 g/mol. The van der Waals surface area contributed by atoms with Crippen LogP contribution in [0.1, 0.15) is 24.0 Å². The van der Waals surface area contributed by atoms with Gasteiger partial charge in [-0.25, -0.2) is 0 Å². The summed E-state index contributed by atoms with van der Waals surface area (Å²) in [6.07, 6.45) is 0.501. The Morgan fingerprint density at radius 2 is 1.50 bits per heavy atom. The molecule has 0 amide bonds. The molecule has 3 nitrogen and oxygen atoms in total. The van der Waals surface area contributed by atoms with E-state index in [1.54, 1.807) is 0 Å². The standard InChI is InChI=1S/C21H19NO2/c23-17-12-11-16(14-7-3-1-4-8-14)19-18(24)13-22-21(20(17)19)15-9-5-2-6-10-15/h1-10,18,22,24H,11-13H2. The monoisotopic (exact) mass is 317 g/mol. The molecule has 120 valence electrons. The zero-order valence-electron chi connectivity index (χ0n) is 13.3. The van der Waals surface area contributed by atoms with Crippen LogP contribution in [0, 0.1) is 0 Å². The van der Waals surface area contributed by atoms with Gasteiger partial charge in [-0.05, 0) is 28.7 Å². The Balaban J connectivity index is 1.96. The van der Waals surface area contributed by atoms with Gasteiger partial charge in [0.1, 0.15) is 0 Å². The van der Waals surface area contributed by atoms with E-state index < -0.39 is 6.10 Å². The predicted octanol–water partition coefficient (Wildman–Crippen LogP) is 3.18. The molecule has 1 atom stereocenters. The van der Waals surface area contributed by atoms with Crippen molar-refractivity contribution in [2.24, 2.45) is 0 Å². The van der Waals surface area contributed by atoms with Gasteiger partial charge < -0.3 is 10.4 Å². The zero-order valence-corrected chi connectivity index (χ0v) is 13.3. The largest absolute Gasteiger partial charge is 0.387 e. The van der Waals surface area contributed by atoms with E-state index in [1.165, 1.54) is 0 Å². The van der Waals surface area contributed by atoms with Gasteiger partial charge in [0.25, 0.3) is 0 Å². The summed E-state index contributed by atoms with van der Waals surface area (Å²) in [7, 11) is 0. The van der Waals surface area contributed by atoms with Gasteiger partial charge in [-0.15, -0.1) is 0 Å². The Kier molecular flexibility index (Phi) is 3.79. The second kappa shape index (κ2) is 6.10. The minimum absolute atomic E-state index is 0.106. The Bertz CT molecular complexity index is 835. The highest BCUT2D eigenvalue weighted by atomic mass is 16.3. The molecule has 0 saturated carbocycles. The molecule has 0 fully saturated rings. The number of hydrogen-bond donors (Lipinski definition) is 2. The van der Waals surface area contributed by atoms with Crippen molar-refractivity contribution in [3.8, 4) is 0 Å². The fourth-order valence-corrected chi connectivity index (χ4v) is 3.62. The summed E-state index contributed by atoms with van der Waals surface area (Å²) in [5.41, 5.74) is 5.46. The third-order valence-corrected chi connectivity index (χ3v) is 4.72. The number of Topliss-reactive ketones (excluding diaryl/α,β-unsaturated/α-hetero) is 1. The quantitative estimate of drug-likeness (QED) is 0.894. The third-order valence-electron chi connectivity index (χ3n) is 4.72. The first-order valence-corrected chi connectivity index (χ1v) is 8.29. The number of aliphatic hydroxyl groups excluding tert-OH is 1. The van der Waals surface area contributed by atoms with E-state index >= 15 is 0 Å². The molecule has 1 unspecified atom stereocenters. The lowest BCUT2D eigenvalue weighted by Crippen LogP contribution is -2.38. The number of benzene rings is 2. The van der Waals surface area contributed by atoms with Crippen LogP contribution in [0.4, 0.5) is 0 Å². The average molecular weight is 317 g/mol. The number of aliphatic hydroxyl groups is 1. The van der Waals surface area contributed by atoms with Crippen molar-refractivity contribution < 1.29 is 9.90 Å². The summed E-state index contributed by atoms with van der Waals surface area (Å²) in [6, 6.07) is 19.9. The van der Waals surface area contributed by atoms with Crippen molar-refractivity contribution in [3.05, 3.63) is 82.9 Å². The summed E-state index contributed by atoms with van der Waals surface area (Å²) < 4.78 is 0. The summed E-state index contributed by atoms with van der Waals surface area (Å²) >= 11 is 0. The molecule has 3 heteroatoms. The van der Waals surface area contributed by atoms with Crippen molar-refractivity contribution in [1.29, 1.82) is 0 Å². The Morgan fingerprint density at radius 3 is 2.17 bits per heavy atom. The second-order valence-corrected chi connectivity index (χ2v) is 6.19. The Morgan fingerprint density at radius 1 is 0.875 bits per heavy atom. The molecule has 1 aliphatic heterocycles. The molecule has 2 aromatic carbocycles. The van der Waals surface area contributed by atoms with Gasteiger partial charge in [-0.2, -0.15) is 0 Å². The number of carbonyl (C=O) groups is 1. The minimum Gasteiger partial charge on any atom is -0.387 e. The summed E-state index contributed by atoms with van der Waals surface area (Å²) in [5, 5.41) is 13.9. The second-order valence-electron chi connectivity index (χ2n) is 6.19. The minimum atomic E-state index is -0.660. The number of fused-ring (bicyclic) bond motifs is 1. The predicted molar refractivity (Wildman–Crippen MR) is 95.0 cm³/mol. The number of β-amino-alcohol motifs (C(OH)–C–C–N with tert-alkyl or cyclic N) is 1. The first-order valence-electron chi connectivity index (χ1n) is 8.29. The van der Waals surface area contributed by atoms with Crippen molar-refractivity contribution in [2.45, 2.75) is 18.9 Å². The van der Waals surface area contributed by atoms with Crippen LogP contribution in [0.25, 0.3) is 11.3 Å². The van der Waals surface area contributed by atoms with Crippen LogP contribution in [0.3, 0.4) is 0 Å². The maximum atomic E-state index is 12.7. The van der Waals surface area contributed by atoms with Gasteiger partial charge >= 0.3 is 0 Å². The van der Waals surface area contributed by atoms with Crippen molar-refractivity contribution in [1.82, 2.24) is 5.32 Å². The lowest BCUT2D eigenvalue weighted by molar-refractivity contribution is -0.115. The lowest BCUT2D eigenvalue weighted by Gasteiger charge is -2.33. The first-order chi connectivity index (χ1) is 11.8. The van der Waals surface area contributed by atoms with E-state index in [-0.39, 0.29) is 5.78 Å². The fraction of sp³-hybridized carbons (Fsp3) is 0.190. The normalized spacial score (nSPS) is 20.7. The average Bonchev–Trinajstić information content (AvgIpc) is 2.64. The van der Waals surface area contributed by atoms with Crippen LogP contribution in [0.5, 0.6) is 0 Å². The topological polar surface area (TPSA) is 49.3 Å². The summed E-state index contributed by atoms with van der Waals surface area (Å²) in [5.74, 6) is 0.106. The molecule has 1 aliphatic carbocycles. The molecule has 0 saturated heterocycles. The summed E-state index contributed by atoms with van der Waals surface area (Å²) in [4.78, 5) is 12.7. The highest BCUT2D eigenvalue weighted by molar-refractivity contribution is 6.11. The van der Waals surface area contributed by atoms with Crippen LogP contribution in [0.2, 0.25) is 0 Å². The van der Waals surface area contributed by atoms with Crippen LogP contribution in [-0.2, 0) is 4.79 Å². The summed E-state index contributed by atoms with van der Waals surface area (Å²) in [6.45, 7) is 0.423. The Hall–Kier alpha value is -2.65. The molecule has 2 aromatic rings. The first kappa shape index (κ1) is 14.9. The number of ketones is 1. The van der Waals surface area contributed by atoms with Crippen LogP contribution < -0.4 is 5.32 Å². The smallest absolute Gasteiger partial charge is 0.165 e. The van der Waals surface area contributed by atoms with Crippen molar-refractivity contribution in [2.75, 3.05) is 6.54 Å². The van der Waals surface area contributed by atoms with E-state index in [4.69, 9.17) is 0 Å². The van der Waals surface area contributed by atoms with E-state index in [1.807, 2.05) is 60.7 Å². The van der Waals surface area contributed by atoms with Crippen LogP contribution >= 0.6 is 0 Å². The maximum Gasteiger partial charge on any atom is 0.165 e. The Labute approximate surface area is 141 Å². The van der Waals surface area contributed by atoms with Crippen LogP contribution in [0.15, 0.2) is 71.8 Å². The molecule has 0 aromatic heterocycles. The van der Waals surface area contributed by atoms with E-state index in [9.17, 15) is 9.90 Å². The number of nitrogens with one attached hydrogen (secondary N) is 1. The van der Waals surface area contributed by atoms with Gasteiger partial charge in [0, 0.05) is 18.5 Å². The van der Waals surface area contributed by atoms with Gasteiger partial charge in [0.15, 0.2) is 5.78 Å². The number of hydrogen-bond acceptors (Lipinski definition) is 3. The number of allylic oxidation sites excluding steroid dienone is 1. The molecule has 2 aliphatic rings. The zero-order chi connectivity index (χ0) is 16.5. The van der Waals surface area contributed by atoms with Gasteiger partial charge in [0.2, 0.25) is 0 Å². The number of rotatable bonds is 2. The molecule has 4 rings (SSSR count). The molecule has 2 N–H and O–H groups in total. The maximum absolute atomic E-state index is 12.7. The van der Waals surface area contributed by atoms with Gasteiger partial charge in [0.05, 0.1) is 11.8 Å². The van der Waals surface area contributed by atoms with Gasteiger partial charge in [-0.1, -0.05) is 60.7 Å². The molecule has 24 heavy (non-hydrogen) atoms. The highest BCUT2D eigenvalue weighted by Crippen LogP contribution is 2.40. The molecule has 0 radical (unpaired) electrons. The van der Waals surface area contributed by atoms with Crippen LogP contribution in [-0.4, -0.2) is 23.5 Å². The number of carbonyl (C=O) groups excluding carboxylic acids is 1. The van der Waals surface area contributed by atoms with Crippen molar-refractivity contribution in [3.63, 3.8) is 0 Å². The molecule has 0 spiro atoms. The third kappa shape index (κ3) is 2.47. The van der Waals surface area contributed by atoms with E-state index in [2.05, 4.69) is 5.32 Å². The van der Waals surface area contributed by atoms with E-state index in [0.717, 1.165) is 28.0 Å². The fourth-order valence-electron chi connectivity index (χ4n) is 3.62. The van der Waals surface area contributed by atoms with Gasteiger partial charge in [-0.3, -0.25) is 4.79 Å². The SMILES string of the molecule is O=C1CCC(c2ccccc2)=C2C1=C(c1ccccc1)NCC2O. The molecular formula is C21H19NO2. The molecule has 1 heterocycles. The highest BCUT2D eigenvalue weighted by Gasteiger charge is 2.35. The van der Waals surface area contributed by atoms with E-state index in [0.29, 0.717) is 25.0 Å².